The van der Waals surface area contributed by atoms with Gasteiger partial charge in [0.1, 0.15) is 0 Å². The van der Waals surface area contributed by atoms with Crippen LogP contribution in [0.5, 0.6) is 0 Å². The van der Waals surface area contributed by atoms with Gasteiger partial charge in [-0.15, -0.1) is 0 Å². The molecule has 4 heteroatoms. The van der Waals surface area contributed by atoms with Crippen LogP contribution in [0, 0.1) is 17.8 Å². The molecule has 14 heavy (non-hydrogen) atoms. The smallest absolute Gasteiger partial charge is 0.0447 e. The first-order chi connectivity index (χ1) is 6.36. The molecular formula is C10H16O4-2. The second kappa shape index (κ2) is 5.62. The highest BCUT2D eigenvalue weighted by Crippen LogP contribution is 2.19. The van der Waals surface area contributed by atoms with E-state index in [2.05, 4.69) is 0 Å². The van der Waals surface area contributed by atoms with E-state index in [-0.39, 0.29) is 5.92 Å². The lowest BCUT2D eigenvalue weighted by Gasteiger charge is -2.23. The van der Waals surface area contributed by atoms with E-state index in [1.54, 1.807) is 13.8 Å². The summed E-state index contributed by atoms with van der Waals surface area (Å²) in [5.41, 5.74) is 0. The average molecular weight is 200 g/mol. The van der Waals surface area contributed by atoms with Crippen molar-refractivity contribution in [1.82, 2.24) is 0 Å². The molecule has 0 aliphatic heterocycles. The van der Waals surface area contributed by atoms with Gasteiger partial charge < -0.3 is 19.8 Å². The molecule has 0 saturated carbocycles. The number of rotatable bonds is 6. The minimum absolute atomic E-state index is 0.0334. The largest absolute Gasteiger partial charge is 0.550 e. The molecule has 0 aromatic carbocycles. The molecule has 0 unspecified atom stereocenters. The zero-order valence-electron chi connectivity index (χ0n) is 8.78. The van der Waals surface area contributed by atoms with Gasteiger partial charge in [-0.2, -0.15) is 0 Å². The molecule has 0 spiro atoms. The third-order valence-electron chi connectivity index (χ3n) is 2.42. The summed E-state index contributed by atoms with van der Waals surface area (Å²) in [6, 6.07) is 0. The molecule has 4 nitrogen and oxygen atoms in total. The van der Waals surface area contributed by atoms with E-state index in [0.717, 1.165) is 0 Å². The van der Waals surface area contributed by atoms with Crippen molar-refractivity contribution in [3.8, 4) is 0 Å². The predicted molar refractivity (Wildman–Crippen MR) is 46.7 cm³/mol. The second-order valence-electron chi connectivity index (χ2n) is 3.97. The molecule has 82 valence electrons. The molecule has 0 fully saturated rings. The van der Waals surface area contributed by atoms with Crippen molar-refractivity contribution < 1.29 is 19.8 Å². The molecule has 0 saturated heterocycles. The summed E-state index contributed by atoms with van der Waals surface area (Å²) in [4.78, 5) is 21.0. The van der Waals surface area contributed by atoms with Crippen LogP contribution in [0.3, 0.4) is 0 Å². The number of hydrogen-bond acceptors (Lipinski definition) is 4. The van der Waals surface area contributed by atoms with Crippen molar-refractivity contribution in [3.63, 3.8) is 0 Å². The molecule has 0 N–H and O–H groups in total. The minimum Gasteiger partial charge on any atom is -0.550 e. The molecule has 2 atom stereocenters. The van der Waals surface area contributed by atoms with Crippen LogP contribution in [0.1, 0.15) is 33.6 Å². The lowest BCUT2D eigenvalue weighted by Crippen LogP contribution is -2.36. The Morgan fingerprint density at radius 3 is 1.79 bits per heavy atom. The van der Waals surface area contributed by atoms with Gasteiger partial charge in [0.2, 0.25) is 0 Å². The van der Waals surface area contributed by atoms with Gasteiger partial charge in [-0.05, 0) is 24.7 Å². The van der Waals surface area contributed by atoms with Crippen LogP contribution in [0.25, 0.3) is 0 Å². The number of carbonyl (C=O) groups excluding carboxylic acids is 2. The third kappa shape index (κ3) is 4.25. The Morgan fingerprint density at radius 2 is 1.50 bits per heavy atom. The minimum atomic E-state index is -1.13. The highest BCUT2D eigenvalue weighted by molar-refractivity contribution is 5.69. The van der Waals surface area contributed by atoms with E-state index in [1.807, 2.05) is 0 Å². The fourth-order valence-corrected chi connectivity index (χ4v) is 1.27. The Bertz CT molecular complexity index is 210. The van der Waals surface area contributed by atoms with Crippen LogP contribution in [-0.4, -0.2) is 11.9 Å². The van der Waals surface area contributed by atoms with Crippen LogP contribution in [-0.2, 0) is 9.59 Å². The van der Waals surface area contributed by atoms with Crippen molar-refractivity contribution in [2.45, 2.75) is 33.6 Å². The van der Waals surface area contributed by atoms with Gasteiger partial charge in [0, 0.05) is 17.9 Å². The van der Waals surface area contributed by atoms with Gasteiger partial charge in [0.25, 0.3) is 0 Å². The zero-order chi connectivity index (χ0) is 11.3. The van der Waals surface area contributed by atoms with Gasteiger partial charge >= 0.3 is 0 Å². The standard InChI is InChI=1S/C10H18O4/c1-6(2)8(10(13)14)5-4-7(3)9(11)12/h6-8H,4-5H2,1-3H3,(H,11,12)(H,13,14)/p-2/t7-,8+/m0/s1. The van der Waals surface area contributed by atoms with Crippen molar-refractivity contribution in [2.75, 3.05) is 0 Å². The number of hydrogen-bond donors (Lipinski definition) is 0. The summed E-state index contributed by atoms with van der Waals surface area (Å²) >= 11 is 0. The van der Waals surface area contributed by atoms with Crippen LogP contribution in [0.15, 0.2) is 0 Å². The van der Waals surface area contributed by atoms with Crippen LogP contribution in [0.2, 0.25) is 0 Å². The lowest BCUT2D eigenvalue weighted by molar-refractivity contribution is -0.316. The molecule has 0 bridgehead atoms. The quantitative estimate of drug-likeness (QED) is 0.560. The van der Waals surface area contributed by atoms with E-state index in [4.69, 9.17) is 0 Å². The van der Waals surface area contributed by atoms with Crippen molar-refractivity contribution in [1.29, 1.82) is 0 Å². The average Bonchev–Trinajstić information content (AvgIpc) is 2.02. The van der Waals surface area contributed by atoms with E-state index in [0.29, 0.717) is 12.8 Å². The summed E-state index contributed by atoms with van der Waals surface area (Å²) in [6.45, 7) is 5.08. The van der Waals surface area contributed by atoms with Crippen molar-refractivity contribution >= 4 is 11.9 Å². The van der Waals surface area contributed by atoms with E-state index < -0.39 is 23.8 Å². The highest BCUT2D eigenvalue weighted by Gasteiger charge is 2.16. The first-order valence-electron chi connectivity index (χ1n) is 4.78. The Balaban J connectivity index is 4.07. The van der Waals surface area contributed by atoms with E-state index in [1.165, 1.54) is 6.92 Å². The number of aliphatic carboxylic acids is 2. The summed E-state index contributed by atoms with van der Waals surface area (Å²) < 4.78 is 0. The summed E-state index contributed by atoms with van der Waals surface area (Å²) in [7, 11) is 0. The third-order valence-corrected chi connectivity index (χ3v) is 2.42. The van der Waals surface area contributed by atoms with Crippen LogP contribution < -0.4 is 10.2 Å². The number of carbonyl (C=O) groups is 2. The SMILES string of the molecule is CC(C)[C@@H](CC[C@H](C)C(=O)[O-])C(=O)[O-]. The first-order valence-corrected chi connectivity index (χ1v) is 4.78. The Hall–Kier alpha value is -1.06. The van der Waals surface area contributed by atoms with Gasteiger partial charge in [-0.1, -0.05) is 20.8 Å². The molecule has 0 aliphatic rings. The maximum atomic E-state index is 10.6. The van der Waals surface area contributed by atoms with Gasteiger partial charge in [0.15, 0.2) is 0 Å². The molecule has 0 radical (unpaired) electrons. The van der Waals surface area contributed by atoms with E-state index >= 15 is 0 Å². The number of carboxylic acids is 2. The van der Waals surface area contributed by atoms with Crippen molar-refractivity contribution in [2.24, 2.45) is 17.8 Å². The maximum absolute atomic E-state index is 10.6. The zero-order valence-corrected chi connectivity index (χ0v) is 8.78. The monoisotopic (exact) mass is 200 g/mol. The number of carboxylic acid groups (broad SMARTS) is 2. The molecule has 0 aliphatic carbocycles. The van der Waals surface area contributed by atoms with Crippen LogP contribution >= 0.6 is 0 Å². The normalized spacial score (nSPS) is 15.1. The van der Waals surface area contributed by atoms with Gasteiger partial charge in [-0.3, -0.25) is 0 Å². The molecular weight excluding hydrogens is 184 g/mol. The lowest BCUT2D eigenvalue weighted by atomic mass is 9.88. The fourth-order valence-electron chi connectivity index (χ4n) is 1.27. The second-order valence-corrected chi connectivity index (χ2v) is 3.97. The Kier molecular flexibility index (Phi) is 5.20. The topological polar surface area (TPSA) is 80.3 Å². The summed E-state index contributed by atoms with van der Waals surface area (Å²) in [5.74, 6) is -3.45. The fraction of sp³-hybridized carbons (Fsp3) is 0.800. The summed E-state index contributed by atoms with van der Waals surface area (Å²) in [6.07, 6.45) is 0.647. The summed E-state index contributed by atoms with van der Waals surface area (Å²) in [5, 5.41) is 21.0. The molecule has 0 amide bonds. The van der Waals surface area contributed by atoms with E-state index in [9.17, 15) is 19.8 Å². The highest BCUT2D eigenvalue weighted by atomic mass is 16.4. The van der Waals surface area contributed by atoms with Gasteiger partial charge in [0.05, 0.1) is 0 Å². The van der Waals surface area contributed by atoms with Gasteiger partial charge in [-0.25, -0.2) is 0 Å². The first kappa shape index (κ1) is 12.9. The van der Waals surface area contributed by atoms with Crippen molar-refractivity contribution in [3.05, 3.63) is 0 Å². The molecule has 0 rings (SSSR count). The Labute approximate surface area is 83.9 Å². The van der Waals surface area contributed by atoms with Crippen LogP contribution in [0.4, 0.5) is 0 Å². The molecule has 0 aromatic heterocycles. The molecule has 0 aromatic rings. The predicted octanol–water partition coefficient (Wildman–Crippen LogP) is -0.825. The maximum Gasteiger partial charge on any atom is 0.0447 e. The Morgan fingerprint density at radius 1 is 1.00 bits per heavy atom. The molecule has 0 heterocycles.